The van der Waals surface area contributed by atoms with E-state index < -0.39 is 0 Å². The Morgan fingerprint density at radius 2 is 2.22 bits per heavy atom. The number of carbonyl (C=O) groups is 1. The summed E-state index contributed by atoms with van der Waals surface area (Å²) in [7, 11) is 1.52. The molecular weight excluding hydrogens is 294 g/mol. The standard InChI is InChI=1S/C17H25N3O3/c1-12(2)6-8-14-5-4-10-19(14)15-9-7-13(17(21)18-3)11-16(15)20(22)23/h7,9,11-12,14H,4-6,8,10H2,1-3H3,(H,18,21). The van der Waals surface area contributed by atoms with Gasteiger partial charge < -0.3 is 10.2 Å². The van der Waals surface area contributed by atoms with Gasteiger partial charge in [-0.05, 0) is 43.7 Å². The molecule has 1 amide bonds. The summed E-state index contributed by atoms with van der Waals surface area (Å²) in [5, 5.41) is 14.0. The van der Waals surface area contributed by atoms with Crippen LogP contribution >= 0.6 is 0 Å². The normalized spacial score (nSPS) is 17.6. The summed E-state index contributed by atoms with van der Waals surface area (Å²) in [5.41, 5.74) is 0.970. The van der Waals surface area contributed by atoms with Crippen molar-refractivity contribution in [1.29, 1.82) is 0 Å². The summed E-state index contributed by atoms with van der Waals surface area (Å²) in [6.07, 6.45) is 4.29. The van der Waals surface area contributed by atoms with Crippen molar-refractivity contribution in [3.63, 3.8) is 0 Å². The maximum atomic E-state index is 11.7. The average Bonchev–Trinajstić information content (AvgIpc) is 2.99. The first-order valence-corrected chi connectivity index (χ1v) is 8.21. The molecule has 1 aromatic carbocycles. The van der Waals surface area contributed by atoms with Crippen LogP contribution < -0.4 is 10.2 Å². The van der Waals surface area contributed by atoms with Crippen LogP contribution in [0.3, 0.4) is 0 Å². The van der Waals surface area contributed by atoms with Crippen LogP contribution in [0.4, 0.5) is 11.4 Å². The molecule has 0 aliphatic carbocycles. The largest absolute Gasteiger partial charge is 0.363 e. The van der Waals surface area contributed by atoms with Crippen molar-refractivity contribution < 1.29 is 9.72 Å². The predicted molar refractivity (Wildman–Crippen MR) is 90.9 cm³/mol. The van der Waals surface area contributed by atoms with Crippen LogP contribution in [0.1, 0.15) is 49.9 Å². The van der Waals surface area contributed by atoms with E-state index in [9.17, 15) is 14.9 Å². The van der Waals surface area contributed by atoms with Crippen molar-refractivity contribution in [1.82, 2.24) is 5.32 Å². The van der Waals surface area contributed by atoms with Crippen molar-refractivity contribution >= 4 is 17.3 Å². The van der Waals surface area contributed by atoms with Crippen LogP contribution in [-0.2, 0) is 0 Å². The average molecular weight is 319 g/mol. The molecule has 23 heavy (non-hydrogen) atoms. The van der Waals surface area contributed by atoms with Gasteiger partial charge in [0.25, 0.3) is 11.6 Å². The van der Waals surface area contributed by atoms with Crippen molar-refractivity contribution in [3.05, 3.63) is 33.9 Å². The quantitative estimate of drug-likeness (QED) is 0.644. The summed E-state index contributed by atoms with van der Waals surface area (Å²) in [4.78, 5) is 24.9. The van der Waals surface area contributed by atoms with Gasteiger partial charge in [-0.1, -0.05) is 13.8 Å². The summed E-state index contributed by atoms with van der Waals surface area (Å²) < 4.78 is 0. The van der Waals surface area contributed by atoms with Crippen LogP contribution in [-0.4, -0.2) is 30.5 Å². The fourth-order valence-corrected chi connectivity index (χ4v) is 3.18. The van der Waals surface area contributed by atoms with Crippen molar-refractivity contribution in [2.45, 2.75) is 45.6 Å². The van der Waals surface area contributed by atoms with Crippen LogP contribution in [0.5, 0.6) is 0 Å². The zero-order valence-electron chi connectivity index (χ0n) is 14.0. The van der Waals surface area contributed by atoms with Gasteiger partial charge >= 0.3 is 0 Å². The number of carbonyl (C=O) groups excluding carboxylic acids is 1. The molecule has 1 saturated heterocycles. The Bertz CT molecular complexity index is 586. The number of rotatable bonds is 6. The van der Waals surface area contributed by atoms with Crippen LogP contribution in [0.25, 0.3) is 0 Å². The zero-order valence-corrected chi connectivity index (χ0v) is 14.0. The number of benzene rings is 1. The molecule has 0 radical (unpaired) electrons. The van der Waals surface area contributed by atoms with Crippen molar-refractivity contribution in [2.24, 2.45) is 5.92 Å². The van der Waals surface area contributed by atoms with E-state index in [2.05, 4.69) is 24.1 Å². The van der Waals surface area contributed by atoms with Crippen molar-refractivity contribution in [2.75, 3.05) is 18.5 Å². The lowest BCUT2D eigenvalue weighted by molar-refractivity contribution is -0.384. The molecule has 1 unspecified atom stereocenters. The van der Waals surface area contributed by atoms with E-state index in [4.69, 9.17) is 0 Å². The summed E-state index contributed by atoms with van der Waals surface area (Å²) in [6, 6.07) is 5.11. The van der Waals surface area contributed by atoms with Crippen LogP contribution in [0, 0.1) is 16.0 Å². The summed E-state index contributed by atoms with van der Waals surface area (Å²) in [6.45, 7) is 5.22. The smallest absolute Gasteiger partial charge is 0.293 e. The predicted octanol–water partition coefficient (Wildman–Crippen LogP) is 3.36. The van der Waals surface area contributed by atoms with E-state index in [0.29, 0.717) is 23.2 Å². The zero-order chi connectivity index (χ0) is 17.0. The Hall–Kier alpha value is -2.11. The minimum atomic E-state index is -0.389. The van der Waals surface area contributed by atoms with Gasteiger partial charge in [0, 0.05) is 31.3 Å². The molecular formula is C17H25N3O3. The fourth-order valence-electron chi connectivity index (χ4n) is 3.18. The van der Waals surface area contributed by atoms with Crippen LogP contribution in [0.2, 0.25) is 0 Å². The summed E-state index contributed by atoms with van der Waals surface area (Å²) >= 11 is 0. The van der Waals surface area contributed by atoms with Gasteiger partial charge in [-0.15, -0.1) is 0 Å². The molecule has 2 rings (SSSR count). The Kier molecular flexibility index (Phi) is 5.58. The number of nitrogens with one attached hydrogen (secondary N) is 1. The highest BCUT2D eigenvalue weighted by Crippen LogP contribution is 2.36. The minimum absolute atomic E-state index is 0.0162. The monoisotopic (exact) mass is 319 g/mol. The second-order valence-electron chi connectivity index (χ2n) is 6.50. The Morgan fingerprint density at radius 1 is 1.48 bits per heavy atom. The van der Waals surface area contributed by atoms with E-state index in [1.807, 2.05) is 0 Å². The third-order valence-corrected chi connectivity index (χ3v) is 4.43. The van der Waals surface area contributed by atoms with E-state index in [1.165, 1.54) is 13.1 Å². The van der Waals surface area contributed by atoms with Gasteiger partial charge in [-0.3, -0.25) is 14.9 Å². The fraction of sp³-hybridized carbons (Fsp3) is 0.588. The second kappa shape index (κ2) is 7.44. The van der Waals surface area contributed by atoms with Crippen molar-refractivity contribution in [3.8, 4) is 0 Å². The number of nitro benzene ring substituents is 1. The third kappa shape index (κ3) is 4.00. The first-order chi connectivity index (χ1) is 10.9. The molecule has 6 nitrogen and oxygen atoms in total. The first-order valence-electron chi connectivity index (χ1n) is 8.21. The SMILES string of the molecule is CNC(=O)c1ccc(N2CCCC2CCC(C)C)c([N+](=O)[O-])c1. The molecule has 1 N–H and O–H groups in total. The van der Waals surface area contributed by atoms with Gasteiger partial charge in [0.15, 0.2) is 0 Å². The number of nitrogens with zero attached hydrogens (tertiary/aromatic N) is 2. The maximum absolute atomic E-state index is 11.7. The van der Waals surface area contributed by atoms with Gasteiger partial charge in [-0.25, -0.2) is 0 Å². The number of hydrogen-bond acceptors (Lipinski definition) is 4. The molecule has 1 fully saturated rings. The van der Waals surface area contributed by atoms with Gasteiger partial charge in [-0.2, -0.15) is 0 Å². The number of hydrogen-bond donors (Lipinski definition) is 1. The number of nitro groups is 1. The molecule has 1 aliphatic heterocycles. The lowest BCUT2D eigenvalue weighted by Gasteiger charge is -2.27. The molecule has 126 valence electrons. The highest BCUT2D eigenvalue weighted by Gasteiger charge is 2.30. The lowest BCUT2D eigenvalue weighted by Crippen LogP contribution is -2.30. The molecule has 1 aliphatic rings. The molecule has 1 atom stereocenters. The number of anilines is 1. The molecule has 6 heteroatoms. The maximum Gasteiger partial charge on any atom is 0.293 e. The van der Waals surface area contributed by atoms with Gasteiger partial charge in [0.05, 0.1) is 4.92 Å². The Balaban J connectivity index is 2.30. The topological polar surface area (TPSA) is 75.5 Å². The molecule has 1 heterocycles. The first kappa shape index (κ1) is 17.2. The molecule has 0 spiro atoms. The molecule has 0 saturated carbocycles. The van der Waals surface area contributed by atoms with E-state index in [1.54, 1.807) is 12.1 Å². The molecule has 1 aromatic rings. The highest BCUT2D eigenvalue weighted by atomic mass is 16.6. The van der Waals surface area contributed by atoms with Gasteiger partial charge in [0.1, 0.15) is 5.69 Å². The summed E-state index contributed by atoms with van der Waals surface area (Å²) in [5.74, 6) is 0.320. The lowest BCUT2D eigenvalue weighted by atomic mass is 10.0. The van der Waals surface area contributed by atoms with E-state index >= 15 is 0 Å². The third-order valence-electron chi connectivity index (χ3n) is 4.43. The number of amides is 1. The molecule has 0 bridgehead atoms. The highest BCUT2D eigenvalue weighted by molar-refractivity contribution is 5.95. The van der Waals surface area contributed by atoms with Crippen LogP contribution in [0.15, 0.2) is 18.2 Å². The van der Waals surface area contributed by atoms with E-state index in [0.717, 1.165) is 32.2 Å². The van der Waals surface area contributed by atoms with Gasteiger partial charge in [0.2, 0.25) is 0 Å². The molecule has 0 aromatic heterocycles. The Labute approximate surface area is 137 Å². The Morgan fingerprint density at radius 3 is 2.83 bits per heavy atom. The minimum Gasteiger partial charge on any atom is -0.363 e. The van der Waals surface area contributed by atoms with E-state index in [-0.39, 0.29) is 16.5 Å². The second-order valence-corrected chi connectivity index (χ2v) is 6.50.